The van der Waals surface area contributed by atoms with Gasteiger partial charge in [-0.05, 0) is 62.3 Å². The van der Waals surface area contributed by atoms with Crippen molar-refractivity contribution in [2.24, 2.45) is 0 Å². The Morgan fingerprint density at radius 1 is 0.862 bits per heavy atom. The first-order valence-corrected chi connectivity index (χ1v) is 23.0. The zero-order valence-corrected chi connectivity index (χ0v) is 36.4. The molecule has 0 radical (unpaired) electrons. The fraction of sp³-hybridized carbons (Fsp3) is 0.636. The molecule has 2 atom stereocenters. The molecule has 1 heterocycles. The monoisotopic (exact) mass is 831 g/mol. The third-order valence-electron chi connectivity index (χ3n) is 9.63. The second-order valence-electron chi connectivity index (χ2n) is 15.2. The van der Waals surface area contributed by atoms with Crippen LogP contribution >= 0.6 is 0 Å². The molecule has 2 rings (SSSR count). The molecule has 14 heteroatoms. The van der Waals surface area contributed by atoms with E-state index < -0.39 is 34.0 Å². The highest BCUT2D eigenvalue weighted by atomic mass is 32.2. The summed E-state index contributed by atoms with van der Waals surface area (Å²) in [5, 5.41) is 26.8. The van der Waals surface area contributed by atoms with Crippen molar-refractivity contribution >= 4 is 33.9 Å². The number of hydrogen-bond acceptors (Lipinski definition) is 9. The van der Waals surface area contributed by atoms with Gasteiger partial charge in [-0.15, -0.1) is 0 Å². The Morgan fingerprint density at radius 2 is 1.43 bits per heavy atom. The van der Waals surface area contributed by atoms with Crippen LogP contribution in [0.15, 0.2) is 42.5 Å². The van der Waals surface area contributed by atoms with Crippen molar-refractivity contribution in [2.45, 2.75) is 142 Å². The van der Waals surface area contributed by atoms with E-state index in [0.29, 0.717) is 42.1 Å². The van der Waals surface area contributed by atoms with E-state index in [1.54, 1.807) is 6.08 Å². The van der Waals surface area contributed by atoms with Gasteiger partial charge in [0.2, 0.25) is 27.8 Å². The highest BCUT2D eigenvalue weighted by Crippen LogP contribution is 2.32. The van der Waals surface area contributed by atoms with E-state index in [0.717, 1.165) is 36.2 Å². The molecule has 0 aliphatic carbocycles. The third-order valence-corrected chi connectivity index (χ3v) is 10.8. The lowest BCUT2D eigenvalue weighted by Crippen LogP contribution is -2.32. The largest absolute Gasteiger partial charge is 0.392 e. The quantitative estimate of drug-likeness (QED) is 0.0441. The van der Waals surface area contributed by atoms with Crippen LogP contribution in [0.3, 0.4) is 0 Å². The first kappa shape index (κ1) is 50.4. The number of aliphatic hydroxyl groups is 2. The van der Waals surface area contributed by atoms with Gasteiger partial charge >= 0.3 is 0 Å². The summed E-state index contributed by atoms with van der Waals surface area (Å²) >= 11 is 0. The van der Waals surface area contributed by atoms with Gasteiger partial charge in [0.1, 0.15) is 5.82 Å². The number of allylic oxidation sites excluding steroid dienone is 2. The number of hydrogen-bond donors (Lipinski definition) is 4. The molecular formula is C44H70FN5O7S. The summed E-state index contributed by atoms with van der Waals surface area (Å²) < 4.78 is 44.8. The predicted octanol–water partition coefficient (Wildman–Crippen LogP) is 7.60. The lowest BCUT2D eigenvalue weighted by molar-refractivity contribution is -0.123. The van der Waals surface area contributed by atoms with Crippen LogP contribution in [0.4, 0.5) is 10.3 Å². The van der Waals surface area contributed by atoms with E-state index in [9.17, 15) is 32.6 Å². The van der Waals surface area contributed by atoms with Crippen molar-refractivity contribution in [3.8, 4) is 11.3 Å². The number of nitrogens with one attached hydrogen (secondary N) is 2. The van der Waals surface area contributed by atoms with Gasteiger partial charge in [0.25, 0.3) is 0 Å². The number of anilines is 1. The molecule has 0 bridgehead atoms. The number of carbonyl (C=O) groups is 2. The molecule has 0 aliphatic heterocycles. The molecule has 1 aromatic heterocycles. The summed E-state index contributed by atoms with van der Waals surface area (Å²) in [5.41, 5.74) is 1.85. The number of ether oxygens (including phenoxy) is 1. The lowest BCUT2D eigenvalue weighted by atomic mass is 9.97. The lowest BCUT2D eigenvalue weighted by Gasteiger charge is -2.20. The number of rotatable bonds is 31. The van der Waals surface area contributed by atoms with Crippen molar-refractivity contribution < 1.29 is 37.3 Å². The molecule has 0 fully saturated rings. The molecule has 12 nitrogen and oxygen atoms in total. The van der Waals surface area contributed by atoms with Gasteiger partial charge in [-0.2, -0.15) is 0 Å². The maximum absolute atomic E-state index is 13.8. The summed E-state index contributed by atoms with van der Waals surface area (Å²) in [6.07, 6.45) is 22.4. The minimum Gasteiger partial charge on any atom is -0.392 e. The van der Waals surface area contributed by atoms with E-state index in [1.807, 2.05) is 13.8 Å². The average Bonchev–Trinajstić information content (AvgIpc) is 3.17. The zero-order valence-electron chi connectivity index (χ0n) is 35.6. The first-order chi connectivity index (χ1) is 27.7. The third kappa shape index (κ3) is 21.3. The fourth-order valence-corrected chi connectivity index (χ4v) is 6.58. The Balaban J connectivity index is 1.66. The smallest absolute Gasteiger partial charge is 0.239 e. The van der Waals surface area contributed by atoms with E-state index in [1.165, 1.54) is 95.2 Å². The van der Waals surface area contributed by atoms with Gasteiger partial charge < -0.3 is 25.6 Å². The molecule has 0 saturated heterocycles. The van der Waals surface area contributed by atoms with Gasteiger partial charge in [0.15, 0.2) is 0 Å². The van der Waals surface area contributed by atoms with Crippen LogP contribution < -0.4 is 14.9 Å². The second-order valence-corrected chi connectivity index (χ2v) is 17.2. The Kier molecular flexibility index (Phi) is 24.9. The van der Waals surface area contributed by atoms with Crippen LogP contribution in [0.5, 0.6) is 0 Å². The number of halogens is 1. The number of aromatic nitrogens is 2. The SMILES string of the molecule is CCCCCCCCC=CCCCCCCCC(=O)NCCOCCNC(=O)CC(O)CC(O)C=Cc1c(-c2ccc(F)cc2)nc(N(C)S(C)(=O)=O)nc1C(C)C. The highest BCUT2D eigenvalue weighted by Gasteiger charge is 2.23. The van der Waals surface area contributed by atoms with Crippen LogP contribution in [0.1, 0.15) is 141 Å². The number of sulfonamides is 1. The Morgan fingerprint density at radius 3 is 2.02 bits per heavy atom. The van der Waals surface area contributed by atoms with Gasteiger partial charge in [-0.3, -0.25) is 9.59 Å². The van der Waals surface area contributed by atoms with Crippen molar-refractivity contribution in [3.05, 3.63) is 59.6 Å². The van der Waals surface area contributed by atoms with Crippen LogP contribution in [-0.4, -0.2) is 92.2 Å². The fourth-order valence-electron chi connectivity index (χ4n) is 6.20. The van der Waals surface area contributed by atoms with E-state index in [2.05, 4.69) is 39.7 Å². The molecule has 2 amide bonds. The van der Waals surface area contributed by atoms with Crippen molar-refractivity contribution in [2.75, 3.05) is 43.9 Å². The summed E-state index contributed by atoms with van der Waals surface area (Å²) in [5.74, 6) is -1.08. The molecule has 0 spiro atoms. The summed E-state index contributed by atoms with van der Waals surface area (Å²) in [6.45, 7) is 7.18. The summed E-state index contributed by atoms with van der Waals surface area (Å²) in [6, 6.07) is 5.58. The van der Waals surface area contributed by atoms with Crippen LogP contribution in [0.25, 0.3) is 17.3 Å². The molecule has 0 aliphatic rings. The molecule has 0 saturated carbocycles. The molecule has 1 aromatic carbocycles. The van der Waals surface area contributed by atoms with Gasteiger partial charge in [0, 0.05) is 44.1 Å². The average molecular weight is 832 g/mol. The topological polar surface area (TPSA) is 171 Å². The zero-order chi connectivity index (χ0) is 42.8. The number of carbonyl (C=O) groups excluding carboxylic acids is 2. The number of nitrogens with zero attached hydrogens (tertiary/aromatic N) is 3. The molecule has 2 unspecified atom stereocenters. The van der Waals surface area contributed by atoms with Crippen LogP contribution in [-0.2, 0) is 24.3 Å². The van der Waals surface area contributed by atoms with Crippen molar-refractivity contribution in [1.29, 1.82) is 0 Å². The molecule has 326 valence electrons. The maximum Gasteiger partial charge on any atom is 0.239 e. The van der Waals surface area contributed by atoms with Crippen molar-refractivity contribution in [1.82, 2.24) is 20.6 Å². The number of benzene rings is 1. The van der Waals surface area contributed by atoms with E-state index in [-0.39, 0.29) is 43.8 Å². The van der Waals surface area contributed by atoms with Crippen LogP contribution in [0.2, 0.25) is 0 Å². The van der Waals surface area contributed by atoms with Gasteiger partial charge in [-0.1, -0.05) is 96.4 Å². The molecule has 2 aromatic rings. The standard InChI is InChI=1S/C44H70FN5O7S/c1-6-7-8-9-10-11-12-13-14-15-16-17-18-19-20-21-40(53)46-28-30-57-31-29-47-41(54)33-38(52)32-37(51)26-27-39-42(34(2)3)48-44(50(4)58(5,55)56)49-43(39)35-22-24-36(45)25-23-35/h13-14,22-27,34,37-38,51-52H,6-12,15-21,28-33H2,1-5H3,(H,46,53)(H,47,54). The first-order valence-electron chi connectivity index (χ1n) is 21.1. The second kappa shape index (κ2) is 28.7. The summed E-state index contributed by atoms with van der Waals surface area (Å²) in [4.78, 5) is 33.5. The van der Waals surface area contributed by atoms with Crippen molar-refractivity contribution in [3.63, 3.8) is 0 Å². The maximum atomic E-state index is 13.8. The number of aliphatic hydroxyl groups excluding tert-OH is 2. The highest BCUT2D eigenvalue weighted by molar-refractivity contribution is 7.92. The van der Waals surface area contributed by atoms with E-state index >= 15 is 0 Å². The van der Waals surface area contributed by atoms with Gasteiger partial charge in [0.05, 0.1) is 49.5 Å². The normalized spacial score (nSPS) is 13.1. The van der Waals surface area contributed by atoms with Gasteiger partial charge in [-0.25, -0.2) is 27.1 Å². The molecule has 4 N–H and O–H groups in total. The number of unbranched alkanes of at least 4 members (excludes halogenated alkanes) is 11. The summed E-state index contributed by atoms with van der Waals surface area (Å²) in [7, 11) is -2.34. The van der Waals surface area contributed by atoms with Crippen LogP contribution in [0, 0.1) is 5.82 Å². The Bertz CT molecular complexity index is 1650. The Labute approximate surface area is 347 Å². The Hall–Kier alpha value is -3.72. The number of amides is 2. The predicted molar refractivity (Wildman–Crippen MR) is 231 cm³/mol. The minimum atomic E-state index is -3.68. The van der Waals surface area contributed by atoms with E-state index in [4.69, 9.17) is 4.74 Å². The minimum absolute atomic E-state index is 0.0119. The molecular weight excluding hydrogens is 762 g/mol. The molecule has 58 heavy (non-hydrogen) atoms.